The molecule has 0 radical (unpaired) electrons. The Morgan fingerprint density at radius 2 is 2.13 bits per heavy atom. The van der Waals surface area contributed by atoms with Crippen LogP contribution < -0.4 is 4.90 Å². The number of aliphatic hydroxyl groups is 1. The van der Waals surface area contributed by atoms with Crippen molar-refractivity contribution >= 4 is 5.82 Å². The average molecular weight is 316 g/mol. The lowest BCUT2D eigenvalue weighted by Gasteiger charge is -2.22. The van der Waals surface area contributed by atoms with Crippen LogP contribution in [0.15, 0.2) is 12.3 Å². The summed E-state index contributed by atoms with van der Waals surface area (Å²) in [6, 6.07) is 2.23. The summed E-state index contributed by atoms with van der Waals surface area (Å²) in [7, 11) is 0. The van der Waals surface area contributed by atoms with Crippen molar-refractivity contribution in [3.05, 3.63) is 29.5 Å². The van der Waals surface area contributed by atoms with Crippen molar-refractivity contribution in [1.29, 1.82) is 0 Å². The summed E-state index contributed by atoms with van der Waals surface area (Å²) in [5.74, 6) is 1.64. The lowest BCUT2D eigenvalue weighted by atomic mass is 10.00. The van der Waals surface area contributed by atoms with Crippen molar-refractivity contribution in [3.63, 3.8) is 0 Å². The molecule has 1 saturated heterocycles. The highest BCUT2D eigenvalue weighted by Gasteiger charge is 2.40. The zero-order valence-electron chi connectivity index (χ0n) is 14.2. The Morgan fingerprint density at radius 1 is 1.35 bits per heavy atom. The van der Waals surface area contributed by atoms with Crippen molar-refractivity contribution in [3.8, 4) is 0 Å². The van der Waals surface area contributed by atoms with E-state index in [9.17, 15) is 5.11 Å². The van der Waals surface area contributed by atoms with Crippen LogP contribution in [0.5, 0.6) is 0 Å². The molecule has 0 bridgehead atoms. The Labute approximate surface area is 136 Å². The predicted molar refractivity (Wildman–Crippen MR) is 87.3 cm³/mol. The zero-order valence-corrected chi connectivity index (χ0v) is 14.2. The quantitative estimate of drug-likeness (QED) is 0.923. The fraction of sp³-hybridized carbons (Fsp3) is 0.625. The molecule has 0 saturated carbocycles. The predicted octanol–water partition coefficient (Wildman–Crippen LogP) is 1.62. The first-order valence-electron chi connectivity index (χ1n) is 8.15. The Morgan fingerprint density at radius 3 is 2.78 bits per heavy atom. The smallest absolute Gasteiger partial charge is 0.132 e. The first kappa shape index (κ1) is 15.9. The van der Waals surface area contributed by atoms with Gasteiger partial charge in [-0.05, 0) is 27.2 Å². The van der Waals surface area contributed by atoms with Gasteiger partial charge in [0.2, 0.25) is 0 Å². The third-order valence-electron chi connectivity index (χ3n) is 4.33. The van der Waals surface area contributed by atoms with Gasteiger partial charge in [0.25, 0.3) is 0 Å². The molecule has 1 aliphatic rings. The first-order chi connectivity index (χ1) is 10.9. The number of hydrogen-bond donors (Lipinski definition) is 1. The lowest BCUT2D eigenvalue weighted by molar-refractivity contribution is 0.0559. The molecule has 3 rings (SSSR count). The molecule has 23 heavy (non-hydrogen) atoms. The van der Waals surface area contributed by atoms with E-state index in [1.165, 1.54) is 0 Å². The second kappa shape index (κ2) is 5.88. The van der Waals surface area contributed by atoms with E-state index in [0.717, 1.165) is 30.3 Å². The van der Waals surface area contributed by atoms with E-state index >= 15 is 0 Å². The van der Waals surface area contributed by atoms with E-state index in [2.05, 4.69) is 32.1 Å². The second-order valence-corrected chi connectivity index (χ2v) is 6.50. The highest BCUT2D eigenvalue weighted by atomic mass is 16.3. The van der Waals surface area contributed by atoms with Gasteiger partial charge in [0, 0.05) is 30.8 Å². The van der Waals surface area contributed by atoms with E-state index in [4.69, 9.17) is 0 Å². The van der Waals surface area contributed by atoms with Crippen molar-refractivity contribution in [2.75, 3.05) is 18.0 Å². The molecule has 2 aromatic rings. The summed E-state index contributed by atoms with van der Waals surface area (Å²) in [4.78, 5) is 11.0. The fourth-order valence-electron chi connectivity index (χ4n) is 2.90. The molecule has 1 unspecified atom stereocenters. The monoisotopic (exact) mass is 316 g/mol. The highest BCUT2D eigenvalue weighted by molar-refractivity contribution is 5.43. The molecule has 0 amide bonds. The molecule has 1 N–H and O–H groups in total. The average Bonchev–Trinajstić information content (AvgIpc) is 3.14. The third kappa shape index (κ3) is 3.06. The summed E-state index contributed by atoms with van der Waals surface area (Å²) >= 11 is 0. The Bertz CT molecular complexity index is 698. The van der Waals surface area contributed by atoms with Crippen LogP contribution in [-0.2, 0) is 12.0 Å². The maximum absolute atomic E-state index is 11.0. The standard InChI is InChI=1S/C16H24N6O/c1-5-13-8-15(18-12(4)17-13)21-7-6-16(23,10-21)14-9-22(11(2)3)20-19-14/h8-9,11,23H,5-7,10H2,1-4H3. The van der Waals surface area contributed by atoms with Gasteiger partial charge in [-0.1, -0.05) is 12.1 Å². The van der Waals surface area contributed by atoms with Gasteiger partial charge in [-0.3, -0.25) is 0 Å². The Balaban J connectivity index is 1.83. The van der Waals surface area contributed by atoms with Gasteiger partial charge in [-0.25, -0.2) is 14.6 Å². The fourth-order valence-corrected chi connectivity index (χ4v) is 2.90. The largest absolute Gasteiger partial charge is 0.381 e. The maximum Gasteiger partial charge on any atom is 0.132 e. The summed E-state index contributed by atoms with van der Waals surface area (Å²) < 4.78 is 1.78. The van der Waals surface area contributed by atoms with Crippen LogP contribution in [0.25, 0.3) is 0 Å². The number of hydrogen-bond acceptors (Lipinski definition) is 6. The second-order valence-electron chi connectivity index (χ2n) is 6.50. The maximum atomic E-state index is 11.0. The highest BCUT2D eigenvalue weighted by Crippen LogP contribution is 2.33. The minimum Gasteiger partial charge on any atom is -0.381 e. The number of aryl methyl sites for hydroxylation is 2. The Kier molecular flexibility index (Phi) is 4.06. The lowest BCUT2D eigenvalue weighted by Crippen LogP contribution is -2.31. The van der Waals surface area contributed by atoms with E-state index < -0.39 is 5.60 Å². The molecule has 0 aliphatic carbocycles. The van der Waals surface area contributed by atoms with Crippen LogP contribution in [0.3, 0.4) is 0 Å². The molecule has 2 aromatic heterocycles. The van der Waals surface area contributed by atoms with Crippen molar-refractivity contribution in [2.24, 2.45) is 0 Å². The van der Waals surface area contributed by atoms with Crippen molar-refractivity contribution in [2.45, 2.75) is 52.2 Å². The Hall–Kier alpha value is -2.02. The van der Waals surface area contributed by atoms with Crippen molar-refractivity contribution in [1.82, 2.24) is 25.0 Å². The molecule has 3 heterocycles. The molecule has 1 aliphatic heterocycles. The molecular formula is C16H24N6O. The normalized spacial score (nSPS) is 21.4. The minimum absolute atomic E-state index is 0.231. The van der Waals surface area contributed by atoms with Gasteiger partial charge in [0.1, 0.15) is 22.9 Å². The van der Waals surface area contributed by atoms with Crippen LogP contribution >= 0.6 is 0 Å². The number of aromatic nitrogens is 5. The van der Waals surface area contributed by atoms with Crippen molar-refractivity contribution < 1.29 is 5.11 Å². The summed E-state index contributed by atoms with van der Waals surface area (Å²) in [5.41, 5.74) is 0.683. The molecule has 0 spiro atoms. The van der Waals surface area contributed by atoms with Gasteiger partial charge in [0.15, 0.2) is 0 Å². The number of β-amino-alcohol motifs (C(OH)–C–C–N with tert-alkyl or cyclic N) is 1. The van der Waals surface area contributed by atoms with Gasteiger partial charge in [-0.2, -0.15) is 0 Å². The van der Waals surface area contributed by atoms with Crippen LogP contribution in [-0.4, -0.2) is 43.2 Å². The van der Waals surface area contributed by atoms with Crippen LogP contribution in [0.4, 0.5) is 5.82 Å². The third-order valence-corrected chi connectivity index (χ3v) is 4.33. The summed E-state index contributed by atoms with van der Waals surface area (Å²) in [5, 5.41) is 19.3. The van der Waals surface area contributed by atoms with Gasteiger partial charge >= 0.3 is 0 Å². The van der Waals surface area contributed by atoms with Gasteiger partial charge in [0.05, 0.1) is 12.7 Å². The molecule has 7 heteroatoms. The number of nitrogens with zero attached hydrogens (tertiary/aromatic N) is 6. The van der Waals surface area contributed by atoms with E-state index in [-0.39, 0.29) is 6.04 Å². The van der Waals surface area contributed by atoms with E-state index in [0.29, 0.717) is 18.7 Å². The molecular weight excluding hydrogens is 292 g/mol. The molecule has 0 aromatic carbocycles. The first-order valence-corrected chi connectivity index (χ1v) is 8.15. The minimum atomic E-state index is -0.974. The van der Waals surface area contributed by atoms with Gasteiger partial charge < -0.3 is 10.0 Å². The van der Waals surface area contributed by atoms with E-state index in [1.54, 1.807) is 4.68 Å². The molecule has 1 atom stereocenters. The summed E-state index contributed by atoms with van der Waals surface area (Å²) in [6.45, 7) is 9.28. The van der Waals surface area contributed by atoms with E-state index in [1.807, 2.05) is 33.0 Å². The van der Waals surface area contributed by atoms with Crippen LogP contribution in [0, 0.1) is 6.92 Å². The molecule has 124 valence electrons. The SMILES string of the molecule is CCc1cc(N2CCC(O)(c3cn(C(C)C)nn3)C2)nc(C)n1. The number of anilines is 1. The zero-order chi connectivity index (χ0) is 16.6. The number of rotatable bonds is 4. The van der Waals surface area contributed by atoms with Crippen LogP contribution in [0.1, 0.15) is 50.4 Å². The van der Waals surface area contributed by atoms with Crippen LogP contribution in [0.2, 0.25) is 0 Å². The van der Waals surface area contributed by atoms with Gasteiger partial charge in [-0.15, -0.1) is 5.10 Å². The summed E-state index contributed by atoms with van der Waals surface area (Å²) in [6.07, 6.45) is 3.34. The molecule has 7 nitrogen and oxygen atoms in total. The molecule has 1 fully saturated rings. The topological polar surface area (TPSA) is 80.0 Å².